The second-order valence-electron chi connectivity index (χ2n) is 1.88. The molecule has 0 fully saturated rings. The molecule has 0 aromatic heterocycles. The van der Waals surface area contributed by atoms with E-state index in [4.69, 9.17) is 15.6 Å². The predicted molar refractivity (Wildman–Crippen MR) is 34.9 cm³/mol. The first-order valence-corrected chi connectivity index (χ1v) is 3.09. The number of aliphatic hydroxyl groups is 1. The second-order valence-corrected chi connectivity index (χ2v) is 1.88. The molecule has 0 aromatic rings. The van der Waals surface area contributed by atoms with Gasteiger partial charge in [-0.2, -0.15) is 10.5 Å². The van der Waals surface area contributed by atoms with Crippen molar-refractivity contribution in [2.45, 2.75) is 25.7 Å². The van der Waals surface area contributed by atoms with Gasteiger partial charge in [0.1, 0.15) is 0 Å². The molecule has 0 aliphatic rings. The molecule has 0 aliphatic heterocycles. The Balaban J connectivity index is 3.20. The first-order valence-electron chi connectivity index (χ1n) is 3.09. The van der Waals surface area contributed by atoms with Crippen LogP contribution in [-0.4, -0.2) is 5.11 Å². The Morgan fingerprint density at radius 1 is 1.10 bits per heavy atom. The summed E-state index contributed by atoms with van der Waals surface area (Å²) in [5, 5.41) is 25.1. The van der Waals surface area contributed by atoms with Crippen LogP contribution in [0, 0.1) is 28.8 Å². The van der Waals surface area contributed by atoms with Gasteiger partial charge in [-0.15, -0.1) is 0 Å². The minimum atomic E-state index is 0.253. The van der Waals surface area contributed by atoms with E-state index >= 15 is 0 Å². The molecule has 0 bridgehead atoms. The zero-order valence-electron chi connectivity index (χ0n) is 5.67. The van der Waals surface area contributed by atoms with Crippen LogP contribution in [-0.2, 0) is 0 Å². The van der Waals surface area contributed by atoms with Crippen LogP contribution in [0.15, 0.2) is 0 Å². The molecule has 10 heavy (non-hydrogen) atoms. The highest BCUT2D eigenvalue weighted by atomic mass is 16.3. The summed E-state index contributed by atoms with van der Waals surface area (Å²) in [5.41, 5.74) is 0. The normalized spacial score (nSPS) is 8.80. The molecule has 0 amide bonds. The lowest BCUT2D eigenvalue weighted by molar-refractivity contribution is 0.271. The van der Waals surface area contributed by atoms with E-state index in [1.54, 1.807) is 0 Å². The molecule has 1 radical (unpaired) electrons. The van der Waals surface area contributed by atoms with E-state index in [-0.39, 0.29) is 6.10 Å². The highest BCUT2D eigenvalue weighted by Gasteiger charge is 2.02. The third-order valence-corrected chi connectivity index (χ3v) is 1.05. The number of rotatable bonds is 4. The van der Waals surface area contributed by atoms with Gasteiger partial charge in [0, 0.05) is 12.8 Å². The van der Waals surface area contributed by atoms with Gasteiger partial charge in [0.25, 0.3) is 0 Å². The van der Waals surface area contributed by atoms with Crippen molar-refractivity contribution in [3.05, 3.63) is 6.10 Å². The Hall–Kier alpha value is -1.06. The topological polar surface area (TPSA) is 67.8 Å². The van der Waals surface area contributed by atoms with Gasteiger partial charge in [0.15, 0.2) is 0 Å². The van der Waals surface area contributed by atoms with Crippen LogP contribution in [0.2, 0.25) is 0 Å². The summed E-state index contributed by atoms with van der Waals surface area (Å²) in [4.78, 5) is 0. The minimum absolute atomic E-state index is 0.253. The van der Waals surface area contributed by atoms with Crippen molar-refractivity contribution in [2.75, 3.05) is 0 Å². The molecule has 0 unspecified atom stereocenters. The van der Waals surface area contributed by atoms with E-state index in [0.29, 0.717) is 25.7 Å². The van der Waals surface area contributed by atoms with Gasteiger partial charge in [-0.05, 0) is 12.8 Å². The molecular formula is C7H9N2O. The fourth-order valence-corrected chi connectivity index (χ4v) is 0.525. The Morgan fingerprint density at radius 2 is 1.50 bits per heavy atom. The van der Waals surface area contributed by atoms with Crippen LogP contribution in [0.1, 0.15) is 25.7 Å². The molecule has 0 saturated heterocycles. The summed E-state index contributed by atoms with van der Waals surface area (Å²) < 4.78 is 0. The molecular weight excluding hydrogens is 128 g/mol. The lowest BCUT2D eigenvalue weighted by Gasteiger charge is -2.01. The fraction of sp³-hybridized carbons (Fsp3) is 0.571. The van der Waals surface area contributed by atoms with E-state index in [0.717, 1.165) is 0 Å². The molecule has 0 atom stereocenters. The summed E-state index contributed by atoms with van der Waals surface area (Å²) in [6.07, 6.45) is 1.72. The zero-order valence-corrected chi connectivity index (χ0v) is 5.67. The van der Waals surface area contributed by atoms with E-state index in [1.165, 1.54) is 0 Å². The van der Waals surface area contributed by atoms with Gasteiger partial charge in [-0.1, -0.05) is 0 Å². The van der Waals surface area contributed by atoms with Gasteiger partial charge in [0.2, 0.25) is 0 Å². The van der Waals surface area contributed by atoms with Crippen molar-refractivity contribution < 1.29 is 5.11 Å². The second kappa shape index (κ2) is 6.07. The van der Waals surface area contributed by atoms with Crippen LogP contribution >= 0.6 is 0 Å². The Kier molecular flexibility index (Phi) is 5.42. The molecule has 53 valence electrons. The molecule has 0 saturated carbocycles. The first-order chi connectivity index (χ1) is 4.81. The Bertz CT molecular complexity index is 136. The van der Waals surface area contributed by atoms with E-state index in [2.05, 4.69) is 0 Å². The highest BCUT2D eigenvalue weighted by Crippen LogP contribution is 2.10. The summed E-state index contributed by atoms with van der Waals surface area (Å²) in [6.45, 7) is 0. The molecule has 3 heteroatoms. The molecule has 1 N–H and O–H groups in total. The quantitative estimate of drug-likeness (QED) is 0.638. The average Bonchev–Trinajstić information content (AvgIpc) is 1.97. The summed E-state index contributed by atoms with van der Waals surface area (Å²) >= 11 is 0. The summed E-state index contributed by atoms with van der Waals surface area (Å²) in [7, 11) is 0. The molecule has 0 heterocycles. The fourth-order valence-electron chi connectivity index (χ4n) is 0.525. The van der Waals surface area contributed by atoms with Crippen molar-refractivity contribution in [3.63, 3.8) is 0 Å². The third-order valence-electron chi connectivity index (χ3n) is 1.05. The molecule has 0 aromatic carbocycles. The van der Waals surface area contributed by atoms with Crippen LogP contribution in [0.5, 0.6) is 0 Å². The number of aliphatic hydroxyl groups excluding tert-OH is 1. The number of hydrogen-bond acceptors (Lipinski definition) is 3. The van der Waals surface area contributed by atoms with Gasteiger partial charge in [-0.3, -0.25) is 0 Å². The minimum Gasteiger partial charge on any atom is -0.387 e. The maximum atomic E-state index is 8.93. The maximum Gasteiger partial charge on any atom is 0.0953 e. The van der Waals surface area contributed by atoms with Crippen molar-refractivity contribution in [1.29, 1.82) is 10.5 Å². The lowest BCUT2D eigenvalue weighted by Crippen LogP contribution is -1.93. The number of hydrogen-bond donors (Lipinski definition) is 1. The predicted octanol–water partition coefficient (Wildman–Crippen LogP) is 1.50. The third kappa shape index (κ3) is 5.08. The molecule has 0 spiro atoms. The number of nitrogens with zero attached hydrogens (tertiary/aromatic N) is 2. The smallest absolute Gasteiger partial charge is 0.0953 e. The van der Waals surface area contributed by atoms with E-state index in [1.807, 2.05) is 12.1 Å². The highest BCUT2D eigenvalue weighted by molar-refractivity contribution is 4.85. The van der Waals surface area contributed by atoms with Crippen LogP contribution in [0.3, 0.4) is 0 Å². The van der Waals surface area contributed by atoms with Crippen molar-refractivity contribution >= 4 is 0 Å². The Labute approximate surface area is 60.5 Å². The standard InChI is InChI=1S/C7H9N2O/c8-5-1-3-7(10)4-2-6-9/h10H,1-4H2. The number of nitriles is 2. The monoisotopic (exact) mass is 137 g/mol. The van der Waals surface area contributed by atoms with Gasteiger partial charge in [-0.25, -0.2) is 0 Å². The summed E-state index contributed by atoms with van der Waals surface area (Å²) in [6, 6.07) is 3.82. The molecule has 3 nitrogen and oxygen atoms in total. The van der Waals surface area contributed by atoms with Crippen LogP contribution in [0.4, 0.5) is 0 Å². The largest absolute Gasteiger partial charge is 0.387 e. The van der Waals surface area contributed by atoms with Gasteiger partial charge < -0.3 is 5.11 Å². The van der Waals surface area contributed by atoms with Crippen molar-refractivity contribution in [3.8, 4) is 12.1 Å². The van der Waals surface area contributed by atoms with E-state index in [9.17, 15) is 0 Å². The Morgan fingerprint density at radius 3 is 1.80 bits per heavy atom. The SMILES string of the molecule is N#CCC[C](O)CCC#N. The van der Waals surface area contributed by atoms with Gasteiger partial charge >= 0.3 is 0 Å². The van der Waals surface area contributed by atoms with E-state index < -0.39 is 0 Å². The zero-order chi connectivity index (χ0) is 7.82. The van der Waals surface area contributed by atoms with Crippen molar-refractivity contribution in [2.24, 2.45) is 0 Å². The van der Waals surface area contributed by atoms with Crippen LogP contribution in [0.25, 0.3) is 0 Å². The molecule has 0 rings (SSSR count). The summed E-state index contributed by atoms with van der Waals surface area (Å²) in [5.74, 6) is 0. The van der Waals surface area contributed by atoms with Crippen LogP contribution < -0.4 is 0 Å². The van der Waals surface area contributed by atoms with Crippen molar-refractivity contribution in [1.82, 2.24) is 0 Å². The maximum absolute atomic E-state index is 8.93. The first kappa shape index (κ1) is 8.94. The average molecular weight is 137 g/mol. The molecule has 0 aliphatic carbocycles. The van der Waals surface area contributed by atoms with Gasteiger partial charge in [0.05, 0.1) is 18.2 Å². The lowest BCUT2D eigenvalue weighted by atomic mass is 10.1.